The highest BCUT2D eigenvalue weighted by Crippen LogP contribution is 2.27. The van der Waals surface area contributed by atoms with E-state index in [0.29, 0.717) is 12.6 Å². The summed E-state index contributed by atoms with van der Waals surface area (Å²) in [5.41, 5.74) is 4.09. The molecule has 0 amide bonds. The second-order valence-corrected chi connectivity index (χ2v) is 5.90. The van der Waals surface area contributed by atoms with Gasteiger partial charge >= 0.3 is 0 Å². The maximum absolute atomic E-state index is 9.04. The van der Waals surface area contributed by atoms with Gasteiger partial charge in [-0.15, -0.1) is 0 Å². The molecule has 1 aliphatic rings. The number of nitrogens with one attached hydrogen (secondary N) is 1. The van der Waals surface area contributed by atoms with E-state index in [9.17, 15) is 0 Å². The lowest BCUT2D eigenvalue weighted by Gasteiger charge is -2.25. The first-order valence-corrected chi connectivity index (χ1v) is 8.08. The van der Waals surface area contributed by atoms with Crippen LogP contribution in [-0.4, -0.2) is 30.8 Å². The van der Waals surface area contributed by atoms with Gasteiger partial charge in [-0.3, -0.25) is 0 Å². The fraction of sp³-hybridized carbons (Fsp3) is 0.368. The number of anilines is 1. The molecule has 3 heteroatoms. The van der Waals surface area contributed by atoms with Gasteiger partial charge in [0.05, 0.1) is 6.61 Å². The Bertz CT molecular complexity index is 585. The van der Waals surface area contributed by atoms with Crippen molar-refractivity contribution < 1.29 is 5.11 Å². The highest BCUT2D eigenvalue weighted by Gasteiger charge is 2.20. The minimum Gasteiger partial charge on any atom is -0.395 e. The van der Waals surface area contributed by atoms with Crippen LogP contribution in [0.3, 0.4) is 0 Å². The second-order valence-electron chi connectivity index (χ2n) is 5.90. The van der Waals surface area contributed by atoms with Crippen LogP contribution < -0.4 is 10.2 Å². The third kappa shape index (κ3) is 3.67. The van der Waals surface area contributed by atoms with Gasteiger partial charge in [0, 0.05) is 31.4 Å². The largest absolute Gasteiger partial charge is 0.395 e. The van der Waals surface area contributed by atoms with Crippen LogP contribution in [0.25, 0.3) is 0 Å². The summed E-state index contributed by atoms with van der Waals surface area (Å²) >= 11 is 0. The van der Waals surface area contributed by atoms with Crippen molar-refractivity contribution >= 4 is 5.69 Å². The molecule has 0 fully saturated rings. The van der Waals surface area contributed by atoms with Crippen LogP contribution in [0.1, 0.15) is 17.5 Å². The summed E-state index contributed by atoms with van der Waals surface area (Å²) in [6, 6.07) is 19.8. The van der Waals surface area contributed by atoms with Crippen LogP contribution in [-0.2, 0) is 13.0 Å². The average molecular weight is 296 g/mol. The van der Waals surface area contributed by atoms with Crippen molar-refractivity contribution in [1.82, 2.24) is 5.32 Å². The van der Waals surface area contributed by atoms with E-state index in [2.05, 4.69) is 64.8 Å². The second kappa shape index (κ2) is 7.43. The van der Waals surface area contributed by atoms with Crippen LogP contribution in [0, 0.1) is 0 Å². The van der Waals surface area contributed by atoms with Crippen molar-refractivity contribution in [3.8, 4) is 0 Å². The van der Waals surface area contributed by atoms with E-state index in [1.807, 2.05) is 0 Å². The Morgan fingerprint density at radius 1 is 1.05 bits per heavy atom. The summed E-state index contributed by atoms with van der Waals surface area (Å²) < 4.78 is 0. The molecule has 0 saturated heterocycles. The highest BCUT2D eigenvalue weighted by atomic mass is 16.3. The first-order chi connectivity index (χ1) is 10.9. The Morgan fingerprint density at radius 3 is 2.64 bits per heavy atom. The minimum atomic E-state index is 0.200. The number of para-hydroxylation sites is 1. The fourth-order valence-electron chi connectivity index (χ4n) is 3.20. The normalized spacial score (nSPS) is 17.9. The van der Waals surface area contributed by atoms with Gasteiger partial charge in [0.2, 0.25) is 0 Å². The molecule has 2 aromatic carbocycles. The van der Waals surface area contributed by atoms with E-state index in [4.69, 9.17) is 5.11 Å². The Labute approximate surface area is 132 Å². The van der Waals surface area contributed by atoms with Crippen molar-refractivity contribution in [3.05, 3.63) is 65.7 Å². The number of benzene rings is 2. The fourth-order valence-corrected chi connectivity index (χ4v) is 3.20. The predicted octanol–water partition coefficient (Wildman–Crippen LogP) is 2.59. The van der Waals surface area contributed by atoms with E-state index in [1.54, 1.807) is 0 Å². The molecule has 1 aliphatic heterocycles. The van der Waals surface area contributed by atoms with E-state index in [0.717, 1.165) is 25.9 Å². The third-order valence-electron chi connectivity index (χ3n) is 4.31. The van der Waals surface area contributed by atoms with Gasteiger partial charge in [-0.05, 0) is 30.0 Å². The maximum atomic E-state index is 9.04. The summed E-state index contributed by atoms with van der Waals surface area (Å²) in [4.78, 5) is 2.48. The van der Waals surface area contributed by atoms with Crippen molar-refractivity contribution in [2.75, 3.05) is 24.6 Å². The molecule has 0 bridgehead atoms. The van der Waals surface area contributed by atoms with E-state index in [-0.39, 0.29) is 6.61 Å². The van der Waals surface area contributed by atoms with Crippen LogP contribution >= 0.6 is 0 Å². The first-order valence-electron chi connectivity index (χ1n) is 8.08. The lowest BCUT2D eigenvalue weighted by atomic mass is 10.0. The number of hydrogen-bond acceptors (Lipinski definition) is 3. The van der Waals surface area contributed by atoms with Crippen molar-refractivity contribution in [3.63, 3.8) is 0 Å². The van der Waals surface area contributed by atoms with Gasteiger partial charge in [-0.1, -0.05) is 48.5 Å². The monoisotopic (exact) mass is 296 g/mol. The predicted molar refractivity (Wildman–Crippen MR) is 91.1 cm³/mol. The zero-order valence-corrected chi connectivity index (χ0v) is 12.9. The summed E-state index contributed by atoms with van der Waals surface area (Å²) in [7, 11) is 0. The number of hydrogen-bond donors (Lipinski definition) is 2. The molecule has 3 rings (SSSR count). The lowest BCUT2D eigenvalue weighted by Crippen LogP contribution is -2.34. The molecule has 0 aliphatic carbocycles. The SMILES string of the molecule is OCCNC1CCN(Cc2ccccc2)c2ccccc2C1. The average Bonchev–Trinajstić information content (AvgIpc) is 2.74. The molecule has 22 heavy (non-hydrogen) atoms. The molecular weight excluding hydrogens is 272 g/mol. The summed E-state index contributed by atoms with van der Waals surface area (Å²) in [6.45, 7) is 2.86. The molecular formula is C19H24N2O. The molecule has 2 N–H and O–H groups in total. The van der Waals surface area contributed by atoms with Crippen molar-refractivity contribution in [2.24, 2.45) is 0 Å². The molecule has 0 spiro atoms. The topological polar surface area (TPSA) is 35.5 Å². The summed E-state index contributed by atoms with van der Waals surface area (Å²) in [5, 5.41) is 12.5. The Kier molecular flexibility index (Phi) is 5.09. The van der Waals surface area contributed by atoms with Crippen molar-refractivity contribution in [1.29, 1.82) is 0 Å². The van der Waals surface area contributed by atoms with Crippen LogP contribution in [0.5, 0.6) is 0 Å². The summed E-state index contributed by atoms with van der Waals surface area (Å²) in [6.07, 6.45) is 2.13. The van der Waals surface area contributed by atoms with E-state index >= 15 is 0 Å². The van der Waals surface area contributed by atoms with Crippen LogP contribution in [0.4, 0.5) is 5.69 Å². The maximum Gasteiger partial charge on any atom is 0.0556 e. The molecule has 2 aromatic rings. The Morgan fingerprint density at radius 2 is 1.82 bits per heavy atom. The van der Waals surface area contributed by atoms with Gasteiger partial charge in [0.25, 0.3) is 0 Å². The Balaban J connectivity index is 1.79. The smallest absolute Gasteiger partial charge is 0.0556 e. The van der Waals surface area contributed by atoms with E-state index in [1.165, 1.54) is 16.8 Å². The molecule has 0 radical (unpaired) electrons. The van der Waals surface area contributed by atoms with Gasteiger partial charge in [0.15, 0.2) is 0 Å². The Hall–Kier alpha value is -1.84. The molecule has 1 heterocycles. The standard InChI is InChI=1S/C19H24N2O/c22-13-11-20-18-10-12-21(15-16-6-2-1-3-7-16)19-9-5-4-8-17(19)14-18/h1-9,18,20,22H,10-15H2. The zero-order chi connectivity index (χ0) is 15.2. The minimum absolute atomic E-state index is 0.200. The summed E-state index contributed by atoms with van der Waals surface area (Å²) in [5.74, 6) is 0. The number of aliphatic hydroxyl groups excluding tert-OH is 1. The molecule has 3 nitrogen and oxygen atoms in total. The van der Waals surface area contributed by atoms with Gasteiger partial charge in [-0.2, -0.15) is 0 Å². The number of fused-ring (bicyclic) bond motifs is 1. The van der Waals surface area contributed by atoms with Gasteiger partial charge in [0.1, 0.15) is 0 Å². The number of rotatable bonds is 5. The van der Waals surface area contributed by atoms with Crippen molar-refractivity contribution in [2.45, 2.75) is 25.4 Å². The molecule has 1 atom stereocenters. The third-order valence-corrected chi connectivity index (χ3v) is 4.31. The quantitative estimate of drug-likeness (QED) is 0.890. The number of nitrogens with zero attached hydrogens (tertiary/aromatic N) is 1. The molecule has 0 aromatic heterocycles. The number of aliphatic hydroxyl groups is 1. The zero-order valence-electron chi connectivity index (χ0n) is 12.9. The highest BCUT2D eigenvalue weighted by molar-refractivity contribution is 5.55. The van der Waals surface area contributed by atoms with Crippen LogP contribution in [0.15, 0.2) is 54.6 Å². The lowest BCUT2D eigenvalue weighted by molar-refractivity contribution is 0.282. The molecule has 116 valence electrons. The molecule has 1 unspecified atom stereocenters. The van der Waals surface area contributed by atoms with E-state index < -0.39 is 0 Å². The van der Waals surface area contributed by atoms with Crippen LogP contribution in [0.2, 0.25) is 0 Å². The molecule has 0 saturated carbocycles. The van der Waals surface area contributed by atoms with Gasteiger partial charge in [-0.25, -0.2) is 0 Å². The van der Waals surface area contributed by atoms with Gasteiger partial charge < -0.3 is 15.3 Å². The first kappa shape index (κ1) is 15.1.